The first kappa shape index (κ1) is 24.5. The molecule has 0 atom stereocenters. The van der Waals surface area contributed by atoms with Gasteiger partial charge in [-0.25, -0.2) is 9.97 Å². The number of benzene rings is 1. The van der Waals surface area contributed by atoms with E-state index in [1.807, 2.05) is 0 Å². The Kier molecular flexibility index (Phi) is 5.36. The van der Waals surface area contributed by atoms with Crippen LogP contribution in [-0.2, 0) is 5.41 Å². The monoisotopic (exact) mass is 522 g/mol. The number of rotatable bonds is 0. The van der Waals surface area contributed by atoms with Crippen molar-refractivity contribution in [3.05, 3.63) is 103 Å². The highest BCUT2D eigenvalue weighted by atomic mass is 32.1. The summed E-state index contributed by atoms with van der Waals surface area (Å²) in [5.41, 5.74) is 12.2. The molecular formula is C33H34N2S2. The molecule has 1 aromatic carbocycles. The van der Waals surface area contributed by atoms with Gasteiger partial charge in [-0.15, -0.1) is 22.7 Å². The first-order valence-electron chi connectivity index (χ1n) is 13.0. The molecule has 0 radical (unpaired) electrons. The van der Waals surface area contributed by atoms with E-state index >= 15 is 0 Å². The molecule has 0 unspecified atom stereocenters. The smallest absolute Gasteiger partial charge is 0.119 e. The molecule has 0 saturated carbocycles. The van der Waals surface area contributed by atoms with Gasteiger partial charge < -0.3 is 0 Å². The van der Waals surface area contributed by atoms with Gasteiger partial charge in [-0.2, -0.15) is 0 Å². The molecule has 188 valence electrons. The fraction of sp³-hybridized carbons (Fsp3) is 0.333. The van der Waals surface area contributed by atoms with Gasteiger partial charge >= 0.3 is 0 Å². The van der Waals surface area contributed by atoms with Crippen LogP contribution in [0.5, 0.6) is 0 Å². The Morgan fingerprint density at radius 1 is 0.676 bits per heavy atom. The van der Waals surface area contributed by atoms with Gasteiger partial charge in [-0.1, -0.05) is 70.2 Å². The largest absolute Gasteiger partial charge is 0.240 e. The Labute approximate surface area is 228 Å². The summed E-state index contributed by atoms with van der Waals surface area (Å²) < 4.78 is 0. The average Bonchev–Trinajstić information content (AvgIpc) is 3.67. The Bertz CT molecular complexity index is 1610. The van der Waals surface area contributed by atoms with Crippen molar-refractivity contribution in [3.63, 3.8) is 0 Å². The van der Waals surface area contributed by atoms with Gasteiger partial charge in [0, 0.05) is 10.8 Å². The number of aromatic nitrogens is 2. The highest BCUT2D eigenvalue weighted by Gasteiger charge is 2.45. The van der Waals surface area contributed by atoms with Crippen molar-refractivity contribution in [2.75, 3.05) is 0 Å². The molecule has 3 aliphatic rings. The second kappa shape index (κ2) is 8.09. The normalized spacial score (nSPS) is 21.1. The summed E-state index contributed by atoms with van der Waals surface area (Å²) in [6.45, 7) is 18.5. The molecule has 3 heterocycles. The predicted octanol–water partition coefficient (Wildman–Crippen LogP) is 9.59. The topological polar surface area (TPSA) is 25.8 Å². The van der Waals surface area contributed by atoms with Gasteiger partial charge in [0.15, 0.2) is 0 Å². The van der Waals surface area contributed by atoms with Crippen LogP contribution >= 0.6 is 22.7 Å². The minimum atomic E-state index is -0.265. The Morgan fingerprint density at radius 3 is 1.92 bits per heavy atom. The molecule has 37 heavy (non-hydrogen) atoms. The lowest BCUT2D eigenvalue weighted by Gasteiger charge is -2.44. The minimum absolute atomic E-state index is 0.0911. The lowest BCUT2D eigenvalue weighted by Crippen LogP contribution is -2.34. The van der Waals surface area contributed by atoms with Crippen molar-refractivity contribution < 1.29 is 0 Å². The molecule has 1 aliphatic heterocycles. The standard InChI is InChI=1S/C33H34N2S2/c1-19-21-13-14-22(15-21)32(5,6)33(7,8)26-16-25(23-11-9-10-12-24(23)26)20(2)30-35-28(18-37-30)31(3,4)27-17-36-29(19)34-27/h9-18H,1-8H3. The summed E-state index contributed by atoms with van der Waals surface area (Å²) in [5, 5.41) is 6.61. The third-order valence-electron chi connectivity index (χ3n) is 9.27. The van der Waals surface area contributed by atoms with Gasteiger partial charge in [0.2, 0.25) is 0 Å². The molecule has 0 saturated heterocycles. The van der Waals surface area contributed by atoms with E-state index in [4.69, 9.17) is 9.97 Å². The fourth-order valence-electron chi connectivity index (χ4n) is 5.68. The van der Waals surface area contributed by atoms with Gasteiger partial charge in [0.25, 0.3) is 0 Å². The number of hydrogen-bond donors (Lipinski definition) is 0. The highest BCUT2D eigenvalue weighted by molar-refractivity contribution is 7.11. The minimum Gasteiger partial charge on any atom is -0.240 e. The van der Waals surface area contributed by atoms with Crippen LogP contribution in [0.1, 0.15) is 87.9 Å². The van der Waals surface area contributed by atoms with Crippen LogP contribution in [0.2, 0.25) is 0 Å². The first-order valence-corrected chi connectivity index (χ1v) is 14.8. The van der Waals surface area contributed by atoms with Crippen LogP contribution in [0.4, 0.5) is 0 Å². The second-order valence-electron chi connectivity index (χ2n) is 12.1. The van der Waals surface area contributed by atoms with Crippen LogP contribution in [0.3, 0.4) is 0 Å². The number of hydrogen-bond acceptors (Lipinski definition) is 4. The zero-order valence-electron chi connectivity index (χ0n) is 23.0. The number of thiazole rings is 2. The van der Waals surface area contributed by atoms with Gasteiger partial charge in [0.05, 0.1) is 16.8 Å². The maximum Gasteiger partial charge on any atom is 0.119 e. The molecule has 0 amide bonds. The summed E-state index contributed by atoms with van der Waals surface area (Å²) in [4.78, 5) is 10.3. The number of allylic oxidation sites excluding steroid dienone is 10. The zero-order chi connectivity index (χ0) is 26.3. The van der Waals surface area contributed by atoms with Crippen molar-refractivity contribution in [1.29, 1.82) is 0 Å². The molecule has 3 aromatic rings. The van der Waals surface area contributed by atoms with Gasteiger partial charge in [-0.3, -0.25) is 0 Å². The van der Waals surface area contributed by atoms with E-state index in [2.05, 4.69) is 115 Å². The van der Waals surface area contributed by atoms with Crippen molar-refractivity contribution in [2.45, 2.75) is 60.8 Å². The van der Waals surface area contributed by atoms with E-state index in [0.717, 1.165) is 21.4 Å². The van der Waals surface area contributed by atoms with Gasteiger partial charge in [-0.05, 0) is 89.2 Å². The third-order valence-corrected chi connectivity index (χ3v) is 11.2. The van der Waals surface area contributed by atoms with E-state index < -0.39 is 0 Å². The molecule has 0 fully saturated rings. The Morgan fingerprint density at radius 2 is 1.27 bits per heavy atom. The summed E-state index contributed by atoms with van der Waals surface area (Å²) in [6.07, 6.45) is 9.43. The molecule has 2 aromatic heterocycles. The van der Waals surface area contributed by atoms with Crippen molar-refractivity contribution in [2.24, 2.45) is 10.8 Å². The molecule has 8 bridgehead atoms. The maximum atomic E-state index is 5.20. The van der Waals surface area contributed by atoms with E-state index in [9.17, 15) is 0 Å². The van der Waals surface area contributed by atoms with Crippen LogP contribution in [-0.4, -0.2) is 9.97 Å². The van der Waals surface area contributed by atoms with Gasteiger partial charge in [0.1, 0.15) is 10.0 Å². The Hall–Kier alpha value is -2.82. The molecule has 0 N–H and O–H groups in total. The molecule has 6 rings (SSSR count). The summed E-state index contributed by atoms with van der Waals surface area (Å²) >= 11 is 3.48. The number of fused-ring (bicyclic) bond motifs is 9. The van der Waals surface area contributed by atoms with Crippen molar-refractivity contribution >= 4 is 45.0 Å². The SMILES string of the molecule is CC1=C2C=CC(=C2)C(C)(C)C(C)(C)C2=CC(=C(C)c3nc(cs3)C(C)(C)c3csc1n3)c1ccccc12. The van der Waals surface area contributed by atoms with E-state index in [-0.39, 0.29) is 16.2 Å². The lowest BCUT2D eigenvalue weighted by molar-refractivity contribution is 0.234. The van der Waals surface area contributed by atoms with E-state index in [0.29, 0.717) is 0 Å². The highest BCUT2D eigenvalue weighted by Crippen LogP contribution is 2.57. The van der Waals surface area contributed by atoms with E-state index in [1.165, 1.54) is 44.6 Å². The predicted molar refractivity (Wildman–Crippen MR) is 161 cm³/mol. The van der Waals surface area contributed by atoms with Crippen LogP contribution in [0.15, 0.2) is 70.5 Å². The van der Waals surface area contributed by atoms with Crippen LogP contribution in [0.25, 0.3) is 22.3 Å². The van der Waals surface area contributed by atoms with Crippen molar-refractivity contribution in [1.82, 2.24) is 9.97 Å². The lowest BCUT2D eigenvalue weighted by atomic mass is 9.59. The first-order chi connectivity index (χ1) is 17.4. The van der Waals surface area contributed by atoms with Crippen LogP contribution in [0, 0.1) is 10.8 Å². The molecule has 2 nitrogen and oxygen atoms in total. The van der Waals surface area contributed by atoms with E-state index in [1.54, 1.807) is 22.7 Å². The maximum absolute atomic E-state index is 5.20. The molecule has 4 heteroatoms. The Balaban J connectivity index is 1.66. The van der Waals surface area contributed by atoms with Crippen molar-refractivity contribution in [3.8, 4) is 0 Å². The summed E-state index contributed by atoms with van der Waals surface area (Å²) in [7, 11) is 0. The zero-order valence-corrected chi connectivity index (χ0v) is 24.6. The second-order valence-corrected chi connectivity index (χ2v) is 13.8. The fourth-order valence-corrected chi connectivity index (χ4v) is 7.70. The quantitative estimate of drug-likeness (QED) is 0.294. The van der Waals surface area contributed by atoms with Crippen LogP contribution < -0.4 is 0 Å². The third kappa shape index (κ3) is 3.49. The number of nitrogens with zero attached hydrogens (tertiary/aromatic N) is 2. The molecule has 2 aliphatic carbocycles. The summed E-state index contributed by atoms with van der Waals surface area (Å²) in [6, 6.07) is 8.89. The molecular weight excluding hydrogens is 489 g/mol. The summed E-state index contributed by atoms with van der Waals surface area (Å²) in [5.74, 6) is 0. The average molecular weight is 523 g/mol. The molecule has 0 spiro atoms.